The molecule has 0 atom stereocenters. The number of ether oxygens (including phenoxy) is 1. The minimum absolute atomic E-state index is 0.199. The van der Waals surface area contributed by atoms with Crippen molar-refractivity contribution in [3.8, 4) is 0 Å². The van der Waals surface area contributed by atoms with Gasteiger partial charge in [0.1, 0.15) is 0 Å². The molecule has 0 aromatic rings. The average molecular weight is 174 g/mol. The quantitative estimate of drug-likeness (QED) is 0.357. The van der Waals surface area contributed by atoms with Gasteiger partial charge in [0.15, 0.2) is 0 Å². The van der Waals surface area contributed by atoms with E-state index in [-0.39, 0.29) is 6.42 Å². The highest BCUT2D eigenvalue weighted by molar-refractivity contribution is 5.84. The van der Waals surface area contributed by atoms with Crippen molar-refractivity contribution in [2.75, 3.05) is 13.1 Å². The van der Waals surface area contributed by atoms with E-state index in [1.807, 2.05) is 0 Å². The molecular formula is C7H14N2O3. The molecule has 0 spiro atoms. The monoisotopic (exact) mass is 174 g/mol. The van der Waals surface area contributed by atoms with Crippen molar-refractivity contribution in [3.63, 3.8) is 0 Å². The second-order valence-corrected chi connectivity index (χ2v) is 2.18. The molecule has 70 valence electrons. The predicted molar refractivity (Wildman–Crippen MR) is 43.5 cm³/mol. The number of nitrogens with one attached hydrogen (secondary N) is 1. The second-order valence-electron chi connectivity index (χ2n) is 2.18. The standard InChI is InChI=1S/C7H14N2O3/c1-2-6(10)12-7(11)9-5-3-4-8/h2-5,8H2,1H3,(H,9,11). The van der Waals surface area contributed by atoms with E-state index in [4.69, 9.17) is 5.73 Å². The average Bonchev–Trinajstić information content (AvgIpc) is 2.05. The van der Waals surface area contributed by atoms with Crippen LogP contribution in [0.2, 0.25) is 0 Å². The fourth-order valence-electron chi connectivity index (χ4n) is 0.504. The number of hydrogen-bond acceptors (Lipinski definition) is 4. The molecule has 0 heterocycles. The van der Waals surface area contributed by atoms with Gasteiger partial charge >= 0.3 is 12.1 Å². The minimum Gasteiger partial charge on any atom is -0.376 e. The van der Waals surface area contributed by atoms with Crippen LogP contribution in [0.3, 0.4) is 0 Å². The van der Waals surface area contributed by atoms with Crippen LogP contribution in [0.1, 0.15) is 19.8 Å². The third-order valence-electron chi connectivity index (χ3n) is 1.15. The Kier molecular flexibility index (Phi) is 6.00. The predicted octanol–water partition coefficient (Wildman–Crippen LogP) is -0.00200. The van der Waals surface area contributed by atoms with Crippen molar-refractivity contribution < 1.29 is 14.3 Å². The second kappa shape index (κ2) is 6.60. The molecule has 0 aliphatic rings. The molecule has 0 aromatic carbocycles. The van der Waals surface area contributed by atoms with Crippen LogP contribution in [-0.4, -0.2) is 25.2 Å². The van der Waals surface area contributed by atoms with Crippen molar-refractivity contribution in [1.82, 2.24) is 5.32 Å². The highest BCUT2D eigenvalue weighted by Crippen LogP contribution is 1.85. The Labute approximate surface area is 71.3 Å². The first kappa shape index (κ1) is 10.9. The van der Waals surface area contributed by atoms with Gasteiger partial charge in [-0.1, -0.05) is 6.92 Å². The fourth-order valence-corrected chi connectivity index (χ4v) is 0.504. The van der Waals surface area contributed by atoms with E-state index in [2.05, 4.69) is 10.1 Å². The summed E-state index contributed by atoms with van der Waals surface area (Å²) in [5.74, 6) is -0.528. The number of nitrogens with two attached hydrogens (primary N) is 1. The molecule has 12 heavy (non-hydrogen) atoms. The molecule has 1 amide bonds. The smallest absolute Gasteiger partial charge is 0.376 e. The maximum atomic E-state index is 10.7. The first-order valence-corrected chi connectivity index (χ1v) is 3.89. The van der Waals surface area contributed by atoms with E-state index in [1.54, 1.807) is 6.92 Å². The largest absolute Gasteiger partial charge is 0.414 e. The number of amides is 1. The minimum atomic E-state index is -0.699. The summed E-state index contributed by atoms with van der Waals surface area (Å²) in [7, 11) is 0. The molecule has 0 saturated heterocycles. The van der Waals surface area contributed by atoms with Gasteiger partial charge in [0, 0.05) is 13.0 Å². The molecule has 0 fully saturated rings. The topological polar surface area (TPSA) is 81.4 Å². The first-order valence-electron chi connectivity index (χ1n) is 3.89. The van der Waals surface area contributed by atoms with Crippen molar-refractivity contribution in [3.05, 3.63) is 0 Å². The summed E-state index contributed by atoms with van der Waals surface area (Å²) >= 11 is 0. The van der Waals surface area contributed by atoms with E-state index >= 15 is 0 Å². The van der Waals surface area contributed by atoms with Crippen LogP contribution in [0.4, 0.5) is 4.79 Å². The van der Waals surface area contributed by atoms with Gasteiger partial charge in [-0.25, -0.2) is 4.79 Å². The van der Waals surface area contributed by atoms with Crippen LogP contribution in [0.15, 0.2) is 0 Å². The lowest BCUT2D eigenvalue weighted by atomic mass is 10.4. The molecule has 0 aromatic heterocycles. The molecule has 0 bridgehead atoms. The van der Waals surface area contributed by atoms with E-state index < -0.39 is 12.1 Å². The summed E-state index contributed by atoms with van der Waals surface area (Å²) in [6, 6.07) is 0. The van der Waals surface area contributed by atoms with Gasteiger partial charge in [0.25, 0.3) is 0 Å². The van der Waals surface area contributed by atoms with Gasteiger partial charge in [-0.3, -0.25) is 4.79 Å². The van der Waals surface area contributed by atoms with Crippen molar-refractivity contribution in [2.45, 2.75) is 19.8 Å². The summed E-state index contributed by atoms with van der Waals surface area (Å²) in [5.41, 5.74) is 5.18. The number of alkyl carbamates (subject to hydrolysis) is 1. The summed E-state index contributed by atoms with van der Waals surface area (Å²) < 4.78 is 4.32. The molecule has 0 unspecified atom stereocenters. The fraction of sp³-hybridized carbons (Fsp3) is 0.714. The van der Waals surface area contributed by atoms with E-state index in [9.17, 15) is 9.59 Å². The maximum Gasteiger partial charge on any atom is 0.414 e. The first-order chi connectivity index (χ1) is 5.70. The van der Waals surface area contributed by atoms with Gasteiger partial charge in [-0.15, -0.1) is 0 Å². The van der Waals surface area contributed by atoms with Crippen molar-refractivity contribution >= 4 is 12.1 Å². The van der Waals surface area contributed by atoms with Gasteiger partial charge in [-0.05, 0) is 13.0 Å². The van der Waals surface area contributed by atoms with E-state index in [0.717, 1.165) is 0 Å². The Bertz CT molecular complexity index is 159. The highest BCUT2D eigenvalue weighted by atomic mass is 16.6. The Morgan fingerprint density at radius 3 is 2.67 bits per heavy atom. The molecule has 0 radical (unpaired) electrons. The molecule has 5 heteroatoms. The van der Waals surface area contributed by atoms with Gasteiger partial charge in [-0.2, -0.15) is 0 Å². The van der Waals surface area contributed by atoms with Crippen LogP contribution in [0, 0.1) is 0 Å². The van der Waals surface area contributed by atoms with E-state index in [0.29, 0.717) is 19.5 Å². The molecule has 0 aliphatic carbocycles. The summed E-state index contributed by atoms with van der Waals surface area (Å²) in [4.78, 5) is 21.2. The number of carbonyl (C=O) groups is 2. The SMILES string of the molecule is CCC(=O)OC(=O)NCCCN. The Balaban J connectivity index is 3.40. The Hall–Kier alpha value is -1.10. The zero-order valence-corrected chi connectivity index (χ0v) is 7.13. The summed E-state index contributed by atoms with van der Waals surface area (Å²) in [6.45, 7) is 2.56. The lowest BCUT2D eigenvalue weighted by Crippen LogP contribution is -2.28. The zero-order valence-electron chi connectivity index (χ0n) is 7.13. The van der Waals surface area contributed by atoms with Crippen molar-refractivity contribution in [1.29, 1.82) is 0 Å². The maximum absolute atomic E-state index is 10.7. The lowest BCUT2D eigenvalue weighted by Gasteiger charge is -2.02. The third kappa shape index (κ3) is 5.67. The molecule has 5 nitrogen and oxygen atoms in total. The van der Waals surface area contributed by atoms with Gasteiger partial charge in [0.05, 0.1) is 0 Å². The van der Waals surface area contributed by atoms with Crippen LogP contribution in [-0.2, 0) is 9.53 Å². The molecule has 0 saturated carbocycles. The van der Waals surface area contributed by atoms with Gasteiger partial charge < -0.3 is 15.8 Å². The highest BCUT2D eigenvalue weighted by Gasteiger charge is 2.05. The number of hydrogen-bond donors (Lipinski definition) is 2. The number of esters is 1. The van der Waals surface area contributed by atoms with Crippen LogP contribution < -0.4 is 11.1 Å². The Morgan fingerprint density at radius 2 is 2.17 bits per heavy atom. The van der Waals surface area contributed by atoms with Gasteiger partial charge in [0.2, 0.25) is 0 Å². The van der Waals surface area contributed by atoms with Crippen LogP contribution >= 0.6 is 0 Å². The molecule has 3 N–H and O–H groups in total. The molecular weight excluding hydrogens is 160 g/mol. The number of carbonyl (C=O) groups excluding carboxylic acids is 2. The normalized spacial score (nSPS) is 9.17. The van der Waals surface area contributed by atoms with E-state index in [1.165, 1.54) is 0 Å². The molecule has 0 aliphatic heterocycles. The summed E-state index contributed by atoms with van der Waals surface area (Å²) in [6.07, 6.45) is 0.176. The third-order valence-corrected chi connectivity index (χ3v) is 1.15. The Morgan fingerprint density at radius 1 is 1.50 bits per heavy atom. The van der Waals surface area contributed by atoms with Crippen LogP contribution in [0.25, 0.3) is 0 Å². The van der Waals surface area contributed by atoms with Crippen molar-refractivity contribution in [2.24, 2.45) is 5.73 Å². The number of rotatable bonds is 4. The summed E-state index contributed by atoms with van der Waals surface area (Å²) in [5, 5.41) is 2.39. The zero-order chi connectivity index (χ0) is 9.40. The molecule has 0 rings (SSSR count). The van der Waals surface area contributed by atoms with Crippen LogP contribution in [0.5, 0.6) is 0 Å². The lowest BCUT2D eigenvalue weighted by molar-refractivity contribution is -0.136.